The second kappa shape index (κ2) is 14.4. The highest BCUT2D eigenvalue weighted by Gasteiger charge is 2.44. The van der Waals surface area contributed by atoms with Gasteiger partial charge in [-0.2, -0.15) is 0 Å². The molecular weight excluding hydrogens is 739 g/mol. The van der Waals surface area contributed by atoms with E-state index in [4.69, 9.17) is 4.42 Å². The van der Waals surface area contributed by atoms with Crippen molar-refractivity contribution < 1.29 is 4.42 Å². The zero-order chi connectivity index (χ0) is 40.3. The third-order valence-corrected chi connectivity index (χ3v) is 13.5. The zero-order valence-corrected chi connectivity index (χ0v) is 33.9. The third kappa shape index (κ3) is 5.78. The highest BCUT2D eigenvalue weighted by molar-refractivity contribution is 6.06. The first-order valence-corrected chi connectivity index (χ1v) is 21.6. The summed E-state index contributed by atoms with van der Waals surface area (Å²) in [5.74, 6) is 0. The maximum Gasteiger partial charge on any atom is 0.137 e. The van der Waals surface area contributed by atoms with Gasteiger partial charge in [0.2, 0.25) is 0 Å². The number of hydrogen-bond donors (Lipinski definition) is 0. The van der Waals surface area contributed by atoms with Crippen molar-refractivity contribution >= 4 is 39.0 Å². The number of para-hydroxylation sites is 2. The molecule has 12 rings (SSSR count). The molecule has 10 aromatic rings. The Kier molecular flexibility index (Phi) is 8.38. The Morgan fingerprint density at radius 1 is 0.344 bits per heavy atom. The van der Waals surface area contributed by atoms with E-state index in [-0.39, 0.29) is 5.41 Å². The minimum Gasteiger partial charge on any atom is -0.456 e. The fraction of sp³-hybridized carbons (Fsp3) is 0.0847. The van der Waals surface area contributed by atoms with E-state index in [0.29, 0.717) is 0 Å². The minimum atomic E-state index is 0.135. The van der Waals surface area contributed by atoms with Crippen LogP contribution in [-0.4, -0.2) is 0 Å². The van der Waals surface area contributed by atoms with Gasteiger partial charge in [0.25, 0.3) is 0 Å². The fourth-order valence-electron chi connectivity index (χ4n) is 10.7. The zero-order valence-electron chi connectivity index (χ0n) is 33.9. The summed E-state index contributed by atoms with van der Waals surface area (Å²) in [6.45, 7) is 0. The van der Waals surface area contributed by atoms with Crippen LogP contribution in [0.25, 0.3) is 77.6 Å². The van der Waals surface area contributed by atoms with Crippen molar-refractivity contribution in [2.45, 2.75) is 31.1 Å². The summed E-state index contributed by atoms with van der Waals surface area (Å²) in [6.07, 6.45) is 5.02. The van der Waals surface area contributed by atoms with Crippen molar-refractivity contribution in [1.82, 2.24) is 0 Å². The predicted molar refractivity (Wildman–Crippen MR) is 255 cm³/mol. The topological polar surface area (TPSA) is 16.4 Å². The molecule has 1 heterocycles. The van der Waals surface area contributed by atoms with Gasteiger partial charge in [0, 0.05) is 39.2 Å². The van der Waals surface area contributed by atoms with Crippen molar-refractivity contribution in [3.63, 3.8) is 0 Å². The van der Waals surface area contributed by atoms with Crippen LogP contribution in [0.4, 0.5) is 17.1 Å². The van der Waals surface area contributed by atoms with Crippen LogP contribution in [0.15, 0.2) is 217 Å². The fourth-order valence-corrected chi connectivity index (χ4v) is 10.7. The molecule has 0 radical (unpaired) electrons. The van der Waals surface area contributed by atoms with Crippen LogP contribution in [0.3, 0.4) is 0 Å². The molecule has 0 aliphatic heterocycles. The molecule has 0 unspecified atom stereocenters. The second-order valence-corrected chi connectivity index (χ2v) is 16.7. The first kappa shape index (κ1) is 35.5. The van der Waals surface area contributed by atoms with Crippen LogP contribution in [0.5, 0.6) is 0 Å². The van der Waals surface area contributed by atoms with Crippen molar-refractivity contribution in [2.24, 2.45) is 0 Å². The number of rotatable bonds is 7. The van der Waals surface area contributed by atoms with E-state index in [9.17, 15) is 0 Å². The normalized spacial score (nSPS) is 13.8. The Labute approximate surface area is 357 Å². The summed E-state index contributed by atoms with van der Waals surface area (Å²) in [5.41, 5.74) is 20.6. The van der Waals surface area contributed by atoms with Gasteiger partial charge in [-0.25, -0.2) is 0 Å². The van der Waals surface area contributed by atoms with Gasteiger partial charge in [-0.05, 0) is 117 Å². The van der Waals surface area contributed by atoms with Crippen LogP contribution < -0.4 is 4.90 Å². The van der Waals surface area contributed by atoms with Crippen molar-refractivity contribution in [2.75, 3.05) is 4.90 Å². The molecule has 1 saturated carbocycles. The largest absolute Gasteiger partial charge is 0.456 e. The molecular formula is C59H43NO. The van der Waals surface area contributed by atoms with E-state index < -0.39 is 0 Å². The van der Waals surface area contributed by atoms with Crippen LogP contribution in [0.1, 0.15) is 36.8 Å². The minimum absolute atomic E-state index is 0.135. The number of benzene rings is 9. The van der Waals surface area contributed by atoms with E-state index in [1.807, 2.05) is 6.07 Å². The Balaban J connectivity index is 1.01. The molecule has 2 aliphatic carbocycles. The van der Waals surface area contributed by atoms with Gasteiger partial charge < -0.3 is 9.32 Å². The Bertz CT molecular complexity index is 3260. The van der Waals surface area contributed by atoms with Crippen molar-refractivity contribution in [3.05, 3.63) is 223 Å². The van der Waals surface area contributed by atoms with Crippen LogP contribution in [0, 0.1) is 0 Å². The van der Waals surface area contributed by atoms with E-state index in [2.05, 4.69) is 211 Å². The highest BCUT2D eigenvalue weighted by Crippen LogP contribution is 2.57. The Hall–Kier alpha value is -7.42. The summed E-state index contributed by atoms with van der Waals surface area (Å²) in [5, 5.41) is 2.24. The molecule has 2 aliphatic rings. The molecule has 9 aromatic carbocycles. The molecule has 1 fully saturated rings. The first-order chi connectivity index (χ1) is 30.2. The number of furan rings is 1. The van der Waals surface area contributed by atoms with Crippen molar-refractivity contribution in [1.29, 1.82) is 0 Å². The number of fused-ring (bicyclic) bond motifs is 8. The second-order valence-electron chi connectivity index (χ2n) is 16.7. The summed E-state index contributed by atoms with van der Waals surface area (Å²) < 4.78 is 6.51. The molecule has 1 aromatic heterocycles. The van der Waals surface area contributed by atoms with E-state index >= 15 is 0 Å². The average Bonchev–Trinajstić information content (AvgIpc) is 4.05. The van der Waals surface area contributed by atoms with Gasteiger partial charge in [0.1, 0.15) is 11.2 Å². The molecule has 0 N–H and O–H groups in total. The lowest BCUT2D eigenvalue weighted by Crippen LogP contribution is -2.20. The molecule has 0 bridgehead atoms. The van der Waals surface area contributed by atoms with E-state index in [0.717, 1.165) is 44.6 Å². The number of anilines is 3. The summed E-state index contributed by atoms with van der Waals surface area (Å²) >= 11 is 0. The summed E-state index contributed by atoms with van der Waals surface area (Å²) in [7, 11) is 0. The van der Waals surface area contributed by atoms with Crippen LogP contribution >= 0.6 is 0 Å². The van der Waals surface area contributed by atoms with Gasteiger partial charge in [0.15, 0.2) is 0 Å². The Morgan fingerprint density at radius 3 is 1.69 bits per heavy atom. The van der Waals surface area contributed by atoms with Crippen LogP contribution in [-0.2, 0) is 5.41 Å². The molecule has 0 atom stereocenters. The third-order valence-electron chi connectivity index (χ3n) is 13.5. The van der Waals surface area contributed by atoms with E-state index in [1.54, 1.807) is 0 Å². The van der Waals surface area contributed by atoms with Gasteiger partial charge in [-0.15, -0.1) is 0 Å². The molecule has 0 saturated heterocycles. The summed E-state index contributed by atoms with van der Waals surface area (Å²) in [4.78, 5) is 2.40. The Morgan fingerprint density at radius 2 is 0.902 bits per heavy atom. The smallest absolute Gasteiger partial charge is 0.137 e. The SMILES string of the molecule is c1ccc(-c2ccccc2-c2ccccc2-c2ccccc2N(c2ccc(-c3ccc4c(c3)C3(CCCC3)c3ccccc3-4)cc2)c2ccc3c(c2)oc2ccccc23)cc1. The van der Waals surface area contributed by atoms with Crippen molar-refractivity contribution in [3.8, 4) is 55.6 Å². The van der Waals surface area contributed by atoms with E-state index in [1.165, 1.54) is 86.9 Å². The predicted octanol–water partition coefficient (Wildman–Crippen LogP) is 16.6. The maximum atomic E-state index is 6.51. The molecule has 0 amide bonds. The molecule has 61 heavy (non-hydrogen) atoms. The molecule has 1 spiro atoms. The maximum absolute atomic E-state index is 6.51. The highest BCUT2D eigenvalue weighted by atomic mass is 16.3. The van der Waals surface area contributed by atoms with Crippen LogP contribution in [0.2, 0.25) is 0 Å². The summed E-state index contributed by atoms with van der Waals surface area (Å²) in [6, 6.07) is 77.6. The van der Waals surface area contributed by atoms with Gasteiger partial charge in [0.05, 0.1) is 5.69 Å². The molecule has 290 valence electrons. The first-order valence-electron chi connectivity index (χ1n) is 21.6. The molecule has 2 heteroatoms. The standard InChI is InChI=1S/C59H43NO/c1-2-16-41(17-3-1)45-18-4-5-19-46(45)47-20-6-7-21-48(47)51-23-9-12-26-56(51)60(44-33-35-53-52-24-10-13-27-57(52)61-58(53)39-44)43-31-28-40(29-32-43)42-30-34-50-49-22-8-11-25-54(49)59(55(50)38-42)36-14-15-37-59/h1-13,16-35,38-39H,14-15,36-37H2. The lowest BCUT2D eigenvalue weighted by Gasteiger charge is -2.29. The number of nitrogens with zero attached hydrogens (tertiary/aromatic N) is 1. The average molecular weight is 782 g/mol. The molecule has 2 nitrogen and oxygen atoms in total. The monoisotopic (exact) mass is 781 g/mol. The van der Waals surface area contributed by atoms with Gasteiger partial charge in [-0.1, -0.05) is 177 Å². The quantitative estimate of drug-likeness (QED) is 0.160. The van der Waals surface area contributed by atoms with Gasteiger partial charge >= 0.3 is 0 Å². The lowest BCUT2D eigenvalue weighted by molar-refractivity contribution is 0.550. The lowest BCUT2D eigenvalue weighted by atomic mass is 9.76. The number of hydrogen-bond acceptors (Lipinski definition) is 2. The van der Waals surface area contributed by atoms with Gasteiger partial charge in [-0.3, -0.25) is 0 Å².